The van der Waals surface area contributed by atoms with Gasteiger partial charge in [-0.1, -0.05) is 12.1 Å². The van der Waals surface area contributed by atoms with Crippen LogP contribution in [0.4, 0.5) is 21.7 Å². The van der Waals surface area contributed by atoms with Crippen LogP contribution in [-0.2, 0) is 0 Å². The predicted molar refractivity (Wildman–Crippen MR) is 66.1 cm³/mol. The minimum atomic E-state index is -0.388. The topological polar surface area (TPSA) is 85.1 Å². The zero-order chi connectivity index (χ0) is 13.0. The molecule has 0 fully saturated rings. The second-order valence-electron chi connectivity index (χ2n) is 3.35. The predicted octanol–water partition coefficient (Wildman–Crippen LogP) is 1.65. The van der Waals surface area contributed by atoms with Crippen molar-refractivity contribution in [3.05, 3.63) is 36.4 Å². The standard InChI is InChI=1S/C11H12FN5O/c1-18-9-10(14-6-15-11(9)17-13)16-8-5-3-2-4-7(8)12/h2-6H,13H2,1H3,(H2,14,15,16,17). The summed E-state index contributed by atoms with van der Waals surface area (Å²) in [7, 11) is 1.45. The largest absolute Gasteiger partial charge is 0.490 e. The van der Waals surface area contributed by atoms with Crippen LogP contribution in [0.1, 0.15) is 0 Å². The molecule has 0 aliphatic rings. The van der Waals surface area contributed by atoms with Crippen LogP contribution in [0.25, 0.3) is 0 Å². The molecule has 0 spiro atoms. The van der Waals surface area contributed by atoms with Crippen molar-refractivity contribution in [2.24, 2.45) is 5.84 Å². The summed E-state index contributed by atoms with van der Waals surface area (Å²) in [6, 6.07) is 6.25. The van der Waals surface area contributed by atoms with Gasteiger partial charge in [-0.25, -0.2) is 20.2 Å². The van der Waals surface area contributed by atoms with Gasteiger partial charge in [0.2, 0.25) is 5.75 Å². The fourth-order valence-corrected chi connectivity index (χ4v) is 1.45. The number of anilines is 3. The van der Waals surface area contributed by atoms with Crippen LogP contribution in [0.3, 0.4) is 0 Å². The maximum atomic E-state index is 13.5. The summed E-state index contributed by atoms with van der Waals surface area (Å²) in [5, 5.41) is 2.82. The van der Waals surface area contributed by atoms with Gasteiger partial charge < -0.3 is 15.5 Å². The fraction of sp³-hybridized carbons (Fsp3) is 0.0909. The maximum Gasteiger partial charge on any atom is 0.205 e. The molecule has 94 valence electrons. The Kier molecular flexibility index (Phi) is 3.54. The molecule has 0 bridgehead atoms. The first kappa shape index (κ1) is 12.1. The number of hydrogen-bond donors (Lipinski definition) is 3. The van der Waals surface area contributed by atoms with Gasteiger partial charge in [0.1, 0.15) is 12.1 Å². The summed E-state index contributed by atoms with van der Waals surface area (Å²) < 4.78 is 18.6. The lowest BCUT2D eigenvalue weighted by atomic mass is 10.3. The summed E-state index contributed by atoms with van der Waals surface area (Å²) in [6.45, 7) is 0. The molecule has 0 radical (unpaired) electrons. The number of nitrogens with two attached hydrogens (primary N) is 1. The molecule has 2 aromatic rings. The molecule has 2 rings (SSSR count). The molecule has 0 atom stereocenters. The zero-order valence-corrected chi connectivity index (χ0v) is 9.64. The lowest BCUT2D eigenvalue weighted by Crippen LogP contribution is -2.11. The number of ether oxygens (including phenoxy) is 1. The third-order valence-corrected chi connectivity index (χ3v) is 2.27. The van der Waals surface area contributed by atoms with E-state index in [0.29, 0.717) is 17.4 Å². The molecule has 1 heterocycles. The number of aromatic nitrogens is 2. The van der Waals surface area contributed by atoms with Gasteiger partial charge in [0.15, 0.2) is 11.6 Å². The Labute approximate surface area is 103 Å². The normalized spacial score (nSPS) is 9.94. The molecule has 0 unspecified atom stereocenters. The number of hydrazine groups is 1. The van der Waals surface area contributed by atoms with Crippen LogP contribution in [-0.4, -0.2) is 17.1 Å². The highest BCUT2D eigenvalue weighted by Gasteiger charge is 2.12. The van der Waals surface area contributed by atoms with Crippen LogP contribution < -0.4 is 21.3 Å². The van der Waals surface area contributed by atoms with Gasteiger partial charge >= 0.3 is 0 Å². The second-order valence-corrected chi connectivity index (χ2v) is 3.35. The van der Waals surface area contributed by atoms with E-state index in [0.717, 1.165) is 0 Å². The molecule has 6 nitrogen and oxygen atoms in total. The van der Waals surface area contributed by atoms with Gasteiger partial charge in [0.05, 0.1) is 12.8 Å². The number of nitrogen functional groups attached to an aromatic ring is 1. The highest BCUT2D eigenvalue weighted by Crippen LogP contribution is 2.31. The van der Waals surface area contributed by atoms with Crippen LogP contribution in [0, 0.1) is 5.82 Å². The van der Waals surface area contributed by atoms with Crippen molar-refractivity contribution in [3.8, 4) is 5.75 Å². The van der Waals surface area contributed by atoms with Crippen molar-refractivity contribution < 1.29 is 9.13 Å². The Balaban J connectivity index is 2.37. The van der Waals surface area contributed by atoms with Crippen molar-refractivity contribution in [2.75, 3.05) is 17.9 Å². The van der Waals surface area contributed by atoms with Crippen molar-refractivity contribution in [1.29, 1.82) is 0 Å². The number of benzene rings is 1. The van der Waals surface area contributed by atoms with Gasteiger partial charge in [-0.2, -0.15) is 0 Å². The van der Waals surface area contributed by atoms with E-state index < -0.39 is 0 Å². The van der Waals surface area contributed by atoms with Gasteiger partial charge in [-0.05, 0) is 12.1 Å². The smallest absolute Gasteiger partial charge is 0.205 e. The second kappa shape index (κ2) is 5.28. The molecule has 7 heteroatoms. The molecule has 0 saturated heterocycles. The fourth-order valence-electron chi connectivity index (χ4n) is 1.45. The van der Waals surface area contributed by atoms with Crippen LogP contribution >= 0.6 is 0 Å². The molecular formula is C11H12FN5O. The first-order valence-corrected chi connectivity index (χ1v) is 5.13. The first-order valence-electron chi connectivity index (χ1n) is 5.13. The van der Waals surface area contributed by atoms with Gasteiger partial charge in [0, 0.05) is 0 Å². The molecule has 1 aromatic carbocycles. The average molecular weight is 249 g/mol. The molecule has 0 aliphatic carbocycles. The molecule has 0 saturated carbocycles. The lowest BCUT2D eigenvalue weighted by molar-refractivity contribution is 0.415. The Morgan fingerprint density at radius 2 is 1.94 bits per heavy atom. The van der Waals surface area contributed by atoms with E-state index in [9.17, 15) is 4.39 Å². The Morgan fingerprint density at radius 1 is 1.22 bits per heavy atom. The number of methoxy groups -OCH3 is 1. The van der Waals surface area contributed by atoms with Crippen molar-refractivity contribution in [1.82, 2.24) is 9.97 Å². The van der Waals surface area contributed by atoms with E-state index in [-0.39, 0.29) is 11.5 Å². The third-order valence-electron chi connectivity index (χ3n) is 2.27. The number of halogens is 1. The van der Waals surface area contributed by atoms with E-state index in [2.05, 4.69) is 20.7 Å². The molecule has 18 heavy (non-hydrogen) atoms. The minimum absolute atomic E-state index is 0.289. The molecule has 1 aromatic heterocycles. The Morgan fingerprint density at radius 3 is 2.61 bits per heavy atom. The third kappa shape index (κ3) is 2.30. The number of nitrogens with one attached hydrogen (secondary N) is 2. The SMILES string of the molecule is COc1c(NN)ncnc1Nc1ccccc1F. The van der Waals surface area contributed by atoms with Crippen molar-refractivity contribution in [3.63, 3.8) is 0 Å². The molecule has 0 aliphatic heterocycles. The van der Waals surface area contributed by atoms with Gasteiger partial charge in [0.25, 0.3) is 0 Å². The van der Waals surface area contributed by atoms with Crippen molar-refractivity contribution in [2.45, 2.75) is 0 Å². The minimum Gasteiger partial charge on any atom is -0.490 e. The molecule has 4 N–H and O–H groups in total. The van der Waals surface area contributed by atoms with Gasteiger partial charge in [-0.15, -0.1) is 0 Å². The first-order chi connectivity index (χ1) is 8.76. The number of rotatable bonds is 4. The Bertz CT molecular complexity index is 549. The number of hydrogen-bond acceptors (Lipinski definition) is 6. The van der Waals surface area contributed by atoms with Crippen LogP contribution in [0.2, 0.25) is 0 Å². The average Bonchev–Trinajstić information content (AvgIpc) is 2.41. The number of nitrogens with zero attached hydrogens (tertiary/aromatic N) is 2. The van der Waals surface area contributed by atoms with Gasteiger partial charge in [-0.3, -0.25) is 0 Å². The summed E-state index contributed by atoms with van der Waals surface area (Å²) in [4.78, 5) is 7.87. The van der Waals surface area contributed by atoms with Crippen LogP contribution in [0.15, 0.2) is 30.6 Å². The number of para-hydroxylation sites is 1. The van der Waals surface area contributed by atoms with E-state index in [4.69, 9.17) is 10.6 Å². The lowest BCUT2D eigenvalue weighted by Gasteiger charge is -2.12. The molecular weight excluding hydrogens is 237 g/mol. The summed E-state index contributed by atoms with van der Waals surface area (Å²) in [5.74, 6) is 5.85. The van der Waals surface area contributed by atoms with E-state index >= 15 is 0 Å². The summed E-state index contributed by atoms with van der Waals surface area (Å²) in [5.41, 5.74) is 2.67. The van der Waals surface area contributed by atoms with E-state index in [1.165, 1.54) is 19.5 Å². The van der Waals surface area contributed by atoms with Crippen molar-refractivity contribution >= 4 is 17.3 Å². The van der Waals surface area contributed by atoms with E-state index in [1.54, 1.807) is 18.2 Å². The maximum absolute atomic E-state index is 13.5. The summed E-state index contributed by atoms with van der Waals surface area (Å²) >= 11 is 0. The monoisotopic (exact) mass is 249 g/mol. The quantitative estimate of drug-likeness (QED) is 0.564. The van der Waals surface area contributed by atoms with E-state index in [1.807, 2.05) is 0 Å². The van der Waals surface area contributed by atoms with Crippen LogP contribution in [0.5, 0.6) is 5.75 Å². The molecule has 0 amide bonds. The Hall–Kier alpha value is -2.41. The zero-order valence-electron chi connectivity index (χ0n) is 9.64. The summed E-state index contributed by atoms with van der Waals surface area (Å²) in [6.07, 6.45) is 1.29. The highest BCUT2D eigenvalue weighted by atomic mass is 19.1. The highest BCUT2D eigenvalue weighted by molar-refractivity contribution is 5.69.